The van der Waals surface area contributed by atoms with Gasteiger partial charge in [-0.2, -0.15) is 0 Å². The number of rotatable bonds is 4. The van der Waals surface area contributed by atoms with E-state index in [-0.39, 0.29) is 18.2 Å². The molecular weight excluding hydrogens is 268 g/mol. The largest absolute Gasteiger partial charge is 0.444 e. The van der Waals surface area contributed by atoms with Crippen LogP contribution in [0.2, 0.25) is 0 Å². The molecule has 1 aliphatic heterocycles. The van der Waals surface area contributed by atoms with E-state index in [2.05, 4.69) is 4.98 Å². The molecule has 0 spiro atoms. The van der Waals surface area contributed by atoms with Gasteiger partial charge in [-0.05, 0) is 52.7 Å². The van der Waals surface area contributed by atoms with Crippen LogP contribution in [0.1, 0.15) is 52.3 Å². The summed E-state index contributed by atoms with van der Waals surface area (Å²) in [5.74, 6) is 0. The summed E-state index contributed by atoms with van der Waals surface area (Å²) in [6, 6.07) is 4.07. The van der Waals surface area contributed by atoms with Gasteiger partial charge in [-0.25, -0.2) is 4.79 Å². The Hall–Kier alpha value is -1.49. The van der Waals surface area contributed by atoms with Gasteiger partial charge in [-0.1, -0.05) is 0 Å². The first-order valence-electron chi connectivity index (χ1n) is 7.61. The zero-order chi connectivity index (χ0) is 15.5. The summed E-state index contributed by atoms with van der Waals surface area (Å²) in [7, 11) is 0. The van der Waals surface area contributed by atoms with Crippen molar-refractivity contribution < 1.29 is 14.3 Å². The maximum atomic E-state index is 12.2. The molecule has 0 aliphatic carbocycles. The van der Waals surface area contributed by atoms with Gasteiger partial charge in [0, 0.05) is 18.4 Å². The molecule has 0 aromatic carbocycles. The third-order valence-corrected chi connectivity index (χ3v) is 3.60. The molecule has 2 atom stereocenters. The summed E-state index contributed by atoms with van der Waals surface area (Å²) in [5.41, 5.74) is 0.597. The summed E-state index contributed by atoms with van der Waals surface area (Å²) in [6.07, 6.45) is 3.63. The van der Waals surface area contributed by atoms with Crippen LogP contribution in [0.3, 0.4) is 0 Å². The predicted octanol–water partition coefficient (Wildman–Crippen LogP) is 3.49. The molecule has 5 nitrogen and oxygen atoms in total. The average Bonchev–Trinajstić information content (AvgIpc) is 3.04. The minimum Gasteiger partial charge on any atom is -0.444 e. The first-order chi connectivity index (χ1) is 9.87. The highest BCUT2D eigenvalue weighted by Crippen LogP contribution is 2.23. The molecule has 21 heavy (non-hydrogen) atoms. The molecule has 2 rings (SSSR count). The number of carbonyl (C=O) groups excluding carboxylic acids is 1. The smallest absolute Gasteiger partial charge is 0.410 e. The van der Waals surface area contributed by atoms with Crippen LogP contribution in [0.15, 0.2) is 18.3 Å². The van der Waals surface area contributed by atoms with Crippen molar-refractivity contribution in [3.63, 3.8) is 0 Å². The Kier molecular flexibility index (Phi) is 4.93. The van der Waals surface area contributed by atoms with Gasteiger partial charge in [0.2, 0.25) is 0 Å². The van der Waals surface area contributed by atoms with Crippen molar-refractivity contribution in [2.45, 2.75) is 58.3 Å². The first kappa shape index (κ1) is 15.9. The molecule has 1 fully saturated rings. The van der Waals surface area contributed by atoms with Crippen LogP contribution in [0.25, 0.3) is 0 Å². The normalized spacial score (nSPS) is 20.6. The van der Waals surface area contributed by atoms with Crippen molar-refractivity contribution >= 4 is 6.09 Å². The molecule has 118 valence electrons. The monoisotopic (exact) mass is 294 g/mol. The minimum absolute atomic E-state index is 0.00101. The number of likely N-dealkylation sites (tertiary alicyclic amines) is 1. The zero-order valence-corrected chi connectivity index (χ0v) is 13.4. The van der Waals surface area contributed by atoms with Crippen molar-refractivity contribution in [1.29, 1.82) is 0 Å². The van der Waals surface area contributed by atoms with Gasteiger partial charge >= 0.3 is 6.09 Å². The molecule has 1 aromatic rings. The van der Waals surface area contributed by atoms with E-state index < -0.39 is 5.60 Å². The Morgan fingerprint density at radius 1 is 1.52 bits per heavy atom. The predicted molar refractivity (Wildman–Crippen MR) is 81.1 cm³/mol. The van der Waals surface area contributed by atoms with Crippen LogP contribution < -0.4 is 0 Å². The molecule has 1 aliphatic rings. The molecule has 0 bridgehead atoms. The lowest BCUT2D eigenvalue weighted by Gasteiger charge is -2.29. The fourth-order valence-electron chi connectivity index (χ4n) is 2.51. The van der Waals surface area contributed by atoms with E-state index in [0.717, 1.165) is 25.1 Å². The molecule has 1 N–H and O–H groups in total. The molecule has 1 amide bonds. The third-order valence-electron chi connectivity index (χ3n) is 3.60. The van der Waals surface area contributed by atoms with Gasteiger partial charge in [0.05, 0.1) is 18.8 Å². The highest BCUT2D eigenvalue weighted by molar-refractivity contribution is 5.68. The second-order valence-corrected chi connectivity index (χ2v) is 6.57. The number of nitrogens with one attached hydrogen (secondary N) is 1. The number of aromatic nitrogens is 1. The highest BCUT2D eigenvalue weighted by atomic mass is 16.6. The SMILES string of the molecule is C[C@@H](OC[C@H]1CCCN1C(=O)OC(C)(C)C)c1ccc[nH]1. The third kappa shape index (κ3) is 4.49. The summed E-state index contributed by atoms with van der Waals surface area (Å²) in [6.45, 7) is 8.97. The van der Waals surface area contributed by atoms with Gasteiger partial charge < -0.3 is 19.4 Å². The molecule has 0 radical (unpaired) electrons. The molecule has 1 saturated heterocycles. The van der Waals surface area contributed by atoms with Crippen LogP contribution in [0, 0.1) is 0 Å². The van der Waals surface area contributed by atoms with Crippen LogP contribution in [0.5, 0.6) is 0 Å². The van der Waals surface area contributed by atoms with Crippen molar-refractivity contribution in [3.05, 3.63) is 24.0 Å². The lowest BCUT2D eigenvalue weighted by Crippen LogP contribution is -2.41. The number of nitrogens with zero attached hydrogens (tertiary/aromatic N) is 1. The number of carbonyl (C=O) groups is 1. The Bertz CT molecular complexity index is 451. The highest BCUT2D eigenvalue weighted by Gasteiger charge is 2.32. The van der Waals surface area contributed by atoms with E-state index in [1.807, 2.05) is 46.0 Å². The quantitative estimate of drug-likeness (QED) is 0.924. The number of amides is 1. The average molecular weight is 294 g/mol. The van der Waals surface area contributed by atoms with Crippen LogP contribution in [-0.4, -0.2) is 40.8 Å². The Morgan fingerprint density at radius 2 is 2.29 bits per heavy atom. The van der Waals surface area contributed by atoms with Gasteiger partial charge in [0.1, 0.15) is 5.60 Å². The van der Waals surface area contributed by atoms with Crippen LogP contribution in [0.4, 0.5) is 4.79 Å². The molecule has 5 heteroatoms. The second-order valence-electron chi connectivity index (χ2n) is 6.57. The fraction of sp³-hybridized carbons (Fsp3) is 0.688. The molecule has 0 unspecified atom stereocenters. The lowest BCUT2D eigenvalue weighted by molar-refractivity contribution is -0.00241. The second kappa shape index (κ2) is 6.52. The molecule has 1 aromatic heterocycles. The topological polar surface area (TPSA) is 54.6 Å². The minimum atomic E-state index is -0.456. The van der Waals surface area contributed by atoms with Crippen molar-refractivity contribution in [2.24, 2.45) is 0 Å². The number of hydrogen-bond acceptors (Lipinski definition) is 3. The van der Waals surface area contributed by atoms with Gasteiger partial charge in [0.15, 0.2) is 0 Å². The molecule has 2 heterocycles. The zero-order valence-electron chi connectivity index (χ0n) is 13.4. The van der Waals surface area contributed by atoms with E-state index >= 15 is 0 Å². The van der Waals surface area contributed by atoms with E-state index in [0.29, 0.717) is 6.61 Å². The number of hydrogen-bond donors (Lipinski definition) is 1. The summed E-state index contributed by atoms with van der Waals surface area (Å²) in [4.78, 5) is 17.1. The lowest BCUT2D eigenvalue weighted by atomic mass is 10.2. The van der Waals surface area contributed by atoms with Crippen LogP contribution >= 0.6 is 0 Å². The summed E-state index contributed by atoms with van der Waals surface area (Å²) < 4.78 is 11.4. The van der Waals surface area contributed by atoms with E-state index in [1.165, 1.54) is 0 Å². The van der Waals surface area contributed by atoms with E-state index in [1.54, 1.807) is 4.90 Å². The van der Waals surface area contributed by atoms with E-state index in [9.17, 15) is 4.79 Å². The van der Waals surface area contributed by atoms with Crippen LogP contribution in [-0.2, 0) is 9.47 Å². The number of ether oxygens (including phenoxy) is 2. The molecule has 0 saturated carbocycles. The molecular formula is C16H26N2O3. The Labute approximate surface area is 126 Å². The van der Waals surface area contributed by atoms with Crippen molar-refractivity contribution in [1.82, 2.24) is 9.88 Å². The van der Waals surface area contributed by atoms with Gasteiger partial charge in [0.25, 0.3) is 0 Å². The van der Waals surface area contributed by atoms with Gasteiger partial charge in [-0.15, -0.1) is 0 Å². The van der Waals surface area contributed by atoms with Crippen molar-refractivity contribution in [3.8, 4) is 0 Å². The summed E-state index contributed by atoms with van der Waals surface area (Å²) >= 11 is 0. The Balaban J connectivity index is 1.86. The number of H-pyrrole nitrogens is 1. The fourth-order valence-corrected chi connectivity index (χ4v) is 2.51. The maximum absolute atomic E-state index is 12.2. The first-order valence-corrected chi connectivity index (χ1v) is 7.61. The maximum Gasteiger partial charge on any atom is 0.410 e. The van der Waals surface area contributed by atoms with Gasteiger partial charge in [-0.3, -0.25) is 0 Å². The number of aromatic amines is 1. The van der Waals surface area contributed by atoms with Crippen molar-refractivity contribution in [2.75, 3.05) is 13.2 Å². The summed E-state index contributed by atoms with van der Waals surface area (Å²) in [5, 5.41) is 0. The standard InChI is InChI=1S/C16H26N2O3/c1-12(14-8-5-9-17-14)20-11-13-7-6-10-18(13)15(19)21-16(2,3)4/h5,8-9,12-13,17H,6-7,10-11H2,1-4H3/t12-,13-/m1/s1. The Morgan fingerprint density at radius 3 is 2.90 bits per heavy atom. The van der Waals surface area contributed by atoms with E-state index in [4.69, 9.17) is 9.47 Å².